The summed E-state index contributed by atoms with van der Waals surface area (Å²) in [6, 6.07) is 19.1. The van der Waals surface area contributed by atoms with Gasteiger partial charge in [0.2, 0.25) is 0 Å². The van der Waals surface area contributed by atoms with E-state index in [1.54, 1.807) is 13.1 Å². The van der Waals surface area contributed by atoms with Crippen LogP contribution in [0.5, 0.6) is 0 Å². The standard InChI is InChI=1S/C17H17NO2/c1-17(16(19)20-2,15-11-7-4-8-12-15)18-13-14-9-5-3-6-10-14/h3-13H,1-2H3/t17-/m1/s1. The Morgan fingerprint density at radius 1 is 1.05 bits per heavy atom. The quantitative estimate of drug-likeness (QED) is 0.630. The maximum absolute atomic E-state index is 12.1. The summed E-state index contributed by atoms with van der Waals surface area (Å²) in [6.07, 6.45) is 1.70. The van der Waals surface area contributed by atoms with Crippen molar-refractivity contribution in [2.45, 2.75) is 12.5 Å². The lowest BCUT2D eigenvalue weighted by Gasteiger charge is -2.22. The molecule has 3 heteroatoms. The molecule has 0 spiro atoms. The Morgan fingerprint density at radius 3 is 2.15 bits per heavy atom. The number of rotatable bonds is 4. The van der Waals surface area contributed by atoms with Crippen LogP contribution < -0.4 is 0 Å². The summed E-state index contributed by atoms with van der Waals surface area (Å²) < 4.78 is 4.91. The first-order valence-electron chi connectivity index (χ1n) is 6.41. The summed E-state index contributed by atoms with van der Waals surface area (Å²) in [5.41, 5.74) is 0.712. The predicted molar refractivity (Wildman–Crippen MR) is 79.8 cm³/mol. The number of hydrogen-bond donors (Lipinski definition) is 0. The molecule has 0 bridgehead atoms. The van der Waals surface area contributed by atoms with Gasteiger partial charge in [0.15, 0.2) is 5.54 Å². The minimum absolute atomic E-state index is 0.379. The first-order chi connectivity index (χ1) is 9.66. The highest BCUT2D eigenvalue weighted by molar-refractivity contribution is 5.87. The van der Waals surface area contributed by atoms with Crippen molar-refractivity contribution in [1.29, 1.82) is 0 Å². The van der Waals surface area contributed by atoms with Gasteiger partial charge in [0.05, 0.1) is 7.11 Å². The van der Waals surface area contributed by atoms with Crippen LogP contribution in [-0.4, -0.2) is 19.3 Å². The Balaban J connectivity index is 2.39. The smallest absolute Gasteiger partial charge is 0.338 e. The van der Waals surface area contributed by atoms with E-state index in [1.165, 1.54) is 7.11 Å². The van der Waals surface area contributed by atoms with Gasteiger partial charge in [-0.2, -0.15) is 0 Å². The minimum Gasteiger partial charge on any atom is -0.467 e. The number of aliphatic imine (C=N–C) groups is 1. The molecule has 0 aliphatic carbocycles. The first-order valence-corrected chi connectivity index (χ1v) is 6.41. The second-order valence-electron chi connectivity index (χ2n) is 4.60. The molecule has 1 atom stereocenters. The predicted octanol–water partition coefficient (Wildman–Crippen LogP) is 3.19. The normalized spacial score (nSPS) is 13.9. The fourth-order valence-electron chi connectivity index (χ4n) is 1.95. The van der Waals surface area contributed by atoms with Gasteiger partial charge in [-0.3, -0.25) is 4.99 Å². The number of ether oxygens (including phenoxy) is 1. The van der Waals surface area contributed by atoms with E-state index in [1.807, 2.05) is 60.7 Å². The van der Waals surface area contributed by atoms with Crippen molar-refractivity contribution in [3.8, 4) is 0 Å². The molecule has 0 saturated heterocycles. The monoisotopic (exact) mass is 267 g/mol. The van der Waals surface area contributed by atoms with E-state index >= 15 is 0 Å². The van der Waals surface area contributed by atoms with Crippen molar-refractivity contribution in [3.05, 3.63) is 71.8 Å². The molecule has 0 unspecified atom stereocenters. The highest BCUT2D eigenvalue weighted by Crippen LogP contribution is 2.26. The number of carbonyl (C=O) groups is 1. The van der Waals surface area contributed by atoms with Crippen LogP contribution in [0.25, 0.3) is 0 Å². The molecule has 2 aromatic rings. The topological polar surface area (TPSA) is 38.7 Å². The Kier molecular flexibility index (Phi) is 4.31. The number of nitrogens with zero attached hydrogens (tertiary/aromatic N) is 1. The number of methoxy groups -OCH3 is 1. The maximum Gasteiger partial charge on any atom is 0.338 e. The second-order valence-corrected chi connectivity index (χ2v) is 4.60. The van der Waals surface area contributed by atoms with Crippen LogP contribution in [0.4, 0.5) is 0 Å². The lowest BCUT2D eigenvalue weighted by Crippen LogP contribution is -2.32. The minimum atomic E-state index is -1.04. The molecule has 102 valence electrons. The van der Waals surface area contributed by atoms with Gasteiger partial charge >= 0.3 is 5.97 Å². The molecule has 0 fully saturated rings. The highest BCUT2D eigenvalue weighted by Gasteiger charge is 2.35. The van der Waals surface area contributed by atoms with Crippen LogP contribution in [0.2, 0.25) is 0 Å². The molecule has 0 saturated carbocycles. The molecule has 20 heavy (non-hydrogen) atoms. The fraction of sp³-hybridized carbons (Fsp3) is 0.176. The van der Waals surface area contributed by atoms with Crippen LogP contribution in [0.3, 0.4) is 0 Å². The molecule has 0 heterocycles. The molecule has 0 aliphatic rings. The Labute approximate surface area is 118 Å². The lowest BCUT2D eigenvalue weighted by atomic mass is 9.93. The van der Waals surface area contributed by atoms with Gasteiger partial charge in [-0.25, -0.2) is 4.79 Å². The molecule has 2 rings (SSSR count). The number of carbonyl (C=O) groups excluding carboxylic acids is 1. The molecule has 0 amide bonds. The largest absolute Gasteiger partial charge is 0.467 e. The van der Waals surface area contributed by atoms with Crippen LogP contribution in [0, 0.1) is 0 Å². The van der Waals surface area contributed by atoms with Gasteiger partial charge in [-0.15, -0.1) is 0 Å². The molecule has 2 aromatic carbocycles. The zero-order chi connectivity index (χ0) is 14.4. The summed E-state index contributed by atoms with van der Waals surface area (Å²) in [6.45, 7) is 1.76. The average molecular weight is 267 g/mol. The van der Waals surface area contributed by atoms with Crippen LogP contribution in [0.15, 0.2) is 65.7 Å². The van der Waals surface area contributed by atoms with Crippen LogP contribution in [-0.2, 0) is 15.1 Å². The van der Waals surface area contributed by atoms with E-state index < -0.39 is 5.54 Å². The number of esters is 1. The molecular formula is C17H17NO2. The summed E-state index contributed by atoms with van der Waals surface area (Å²) in [7, 11) is 1.38. The molecule has 0 aromatic heterocycles. The van der Waals surface area contributed by atoms with Gasteiger partial charge in [-0.05, 0) is 18.1 Å². The van der Waals surface area contributed by atoms with Crippen LogP contribution >= 0.6 is 0 Å². The fourth-order valence-corrected chi connectivity index (χ4v) is 1.95. The third-order valence-electron chi connectivity index (χ3n) is 3.19. The lowest BCUT2D eigenvalue weighted by molar-refractivity contribution is -0.146. The number of hydrogen-bond acceptors (Lipinski definition) is 3. The molecule has 0 radical (unpaired) electrons. The molecule has 3 nitrogen and oxygen atoms in total. The Bertz CT molecular complexity index is 593. The van der Waals surface area contributed by atoms with E-state index in [2.05, 4.69) is 4.99 Å². The number of benzene rings is 2. The highest BCUT2D eigenvalue weighted by atomic mass is 16.5. The average Bonchev–Trinajstić information content (AvgIpc) is 2.53. The van der Waals surface area contributed by atoms with Crippen molar-refractivity contribution >= 4 is 12.2 Å². The van der Waals surface area contributed by atoms with Crippen molar-refractivity contribution in [2.24, 2.45) is 4.99 Å². The SMILES string of the molecule is COC(=O)[C@](C)(N=Cc1ccccc1)c1ccccc1. The Hall–Kier alpha value is -2.42. The van der Waals surface area contributed by atoms with Crippen LogP contribution in [0.1, 0.15) is 18.1 Å². The van der Waals surface area contributed by atoms with Crippen molar-refractivity contribution in [3.63, 3.8) is 0 Å². The summed E-state index contributed by atoms with van der Waals surface area (Å²) in [5.74, 6) is -0.379. The summed E-state index contributed by atoms with van der Waals surface area (Å²) in [4.78, 5) is 16.6. The first kappa shape index (κ1) is 14.0. The van der Waals surface area contributed by atoms with E-state index in [0.717, 1.165) is 11.1 Å². The molecular weight excluding hydrogens is 250 g/mol. The molecule has 0 aliphatic heterocycles. The zero-order valence-corrected chi connectivity index (χ0v) is 11.6. The van der Waals surface area contributed by atoms with E-state index in [-0.39, 0.29) is 5.97 Å². The van der Waals surface area contributed by atoms with E-state index in [9.17, 15) is 4.79 Å². The van der Waals surface area contributed by atoms with Gasteiger partial charge in [-0.1, -0.05) is 60.7 Å². The van der Waals surface area contributed by atoms with Gasteiger partial charge < -0.3 is 4.74 Å². The second kappa shape index (κ2) is 6.15. The van der Waals surface area contributed by atoms with E-state index in [4.69, 9.17) is 4.74 Å². The molecule has 0 N–H and O–H groups in total. The van der Waals surface area contributed by atoms with Gasteiger partial charge in [0, 0.05) is 6.21 Å². The van der Waals surface area contributed by atoms with Crippen molar-refractivity contribution in [1.82, 2.24) is 0 Å². The van der Waals surface area contributed by atoms with Crippen molar-refractivity contribution in [2.75, 3.05) is 7.11 Å². The third kappa shape index (κ3) is 2.94. The van der Waals surface area contributed by atoms with Gasteiger partial charge in [0.1, 0.15) is 0 Å². The maximum atomic E-state index is 12.1. The third-order valence-corrected chi connectivity index (χ3v) is 3.19. The summed E-state index contributed by atoms with van der Waals surface area (Å²) >= 11 is 0. The zero-order valence-electron chi connectivity index (χ0n) is 11.6. The van der Waals surface area contributed by atoms with E-state index in [0.29, 0.717) is 0 Å². The van der Waals surface area contributed by atoms with Gasteiger partial charge in [0.25, 0.3) is 0 Å². The van der Waals surface area contributed by atoms with Crippen molar-refractivity contribution < 1.29 is 9.53 Å². The summed E-state index contributed by atoms with van der Waals surface area (Å²) in [5, 5.41) is 0. The Morgan fingerprint density at radius 2 is 1.60 bits per heavy atom.